The average Bonchev–Trinajstić information content (AvgIpc) is 3.15. The molecule has 0 fully saturated rings. The van der Waals surface area contributed by atoms with Crippen molar-refractivity contribution in [2.24, 2.45) is 0 Å². The van der Waals surface area contributed by atoms with Crippen molar-refractivity contribution in [3.05, 3.63) is 80.3 Å². The maximum Gasteiger partial charge on any atom is 0.139 e. The lowest BCUT2D eigenvalue weighted by Gasteiger charge is -2.23. The van der Waals surface area contributed by atoms with Gasteiger partial charge in [-0.05, 0) is 37.3 Å². The molecule has 0 saturated carbocycles. The number of halogens is 4. The summed E-state index contributed by atoms with van der Waals surface area (Å²) in [6, 6.07) is 10.4. The van der Waals surface area contributed by atoms with Crippen LogP contribution in [0.15, 0.2) is 48.8 Å². The van der Waals surface area contributed by atoms with Gasteiger partial charge in [-0.2, -0.15) is 0 Å². The molecule has 2 atom stereocenters. The van der Waals surface area contributed by atoms with E-state index < -0.39 is 6.10 Å². The molecule has 2 aromatic carbocycles. The highest BCUT2D eigenvalue weighted by molar-refractivity contribution is 6.36. The van der Waals surface area contributed by atoms with Gasteiger partial charge in [0.2, 0.25) is 0 Å². The molecule has 1 aromatic heterocycles. The number of rotatable bonds is 7. The minimum Gasteiger partial charge on any atom is -0.483 e. The van der Waals surface area contributed by atoms with E-state index in [1.54, 1.807) is 42.7 Å². The number of ether oxygens (including phenoxy) is 1. The molecule has 3 aromatic rings. The van der Waals surface area contributed by atoms with Crippen molar-refractivity contribution in [1.82, 2.24) is 15.3 Å². The van der Waals surface area contributed by atoms with Gasteiger partial charge in [0.15, 0.2) is 0 Å². The molecule has 0 spiro atoms. The summed E-state index contributed by atoms with van der Waals surface area (Å²) in [4.78, 5) is 7.36. The van der Waals surface area contributed by atoms with Crippen molar-refractivity contribution in [1.29, 1.82) is 0 Å². The van der Waals surface area contributed by atoms with Gasteiger partial charge in [0.1, 0.15) is 17.7 Å². The summed E-state index contributed by atoms with van der Waals surface area (Å²) in [6.45, 7) is 2.48. The van der Waals surface area contributed by atoms with Crippen LogP contribution < -0.4 is 10.1 Å². The van der Waals surface area contributed by atoms with E-state index in [1.165, 1.54) is 0 Å². The predicted octanol–water partition coefficient (Wildman–Crippen LogP) is 6.49. The molecule has 0 aliphatic carbocycles. The van der Waals surface area contributed by atoms with Crippen molar-refractivity contribution in [3.63, 3.8) is 0 Å². The molecule has 0 bridgehead atoms. The van der Waals surface area contributed by atoms with Crippen molar-refractivity contribution in [2.45, 2.75) is 19.1 Å². The van der Waals surface area contributed by atoms with Crippen LogP contribution in [-0.2, 0) is 0 Å². The molecule has 4 nitrogen and oxygen atoms in total. The Hall–Kier alpha value is -1.43. The van der Waals surface area contributed by atoms with Crippen molar-refractivity contribution in [3.8, 4) is 5.75 Å². The van der Waals surface area contributed by atoms with Gasteiger partial charge < -0.3 is 15.0 Å². The van der Waals surface area contributed by atoms with E-state index in [0.29, 0.717) is 32.4 Å². The summed E-state index contributed by atoms with van der Waals surface area (Å²) in [7, 11) is 0. The standard InChI is InChI=1S/C19H17Cl4N3O/c1-11(19-24-6-7-25-19)26-10-18(14-4-2-12(20)8-15(14)22)27-17-5-3-13(21)9-16(17)23/h2-9,11,18,26H,10H2,1H3,(H,24,25). The molecule has 0 aliphatic heterocycles. The van der Waals surface area contributed by atoms with Gasteiger partial charge in [-0.15, -0.1) is 0 Å². The van der Waals surface area contributed by atoms with E-state index in [4.69, 9.17) is 51.1 Å². The van der Waals surface area contributed by atoms with Crippen LogP contribution in [0.3, 0.4) is 0 Å². The smallest absolute Gasteiger partial charge is 0.139 e. The first-order valence-electron chi connectivity index (χ1n) is 8.23. The van der Waals surface area contributed by atoms with E-state index in [9.17, 15) is 0 Å². The number of H-pyrrole nitrogens is 1. The SMILES string of the molecule is CC(NCC(Oc1ccc(Cl)cc1Cl)c1ccc(Cl)cc1Cl)c1ncc[nH]1. The number of nitrogens with one attached hydrogen (secondary N) is 2. The van der Waals surface area contributed by atoms with Crippen LogP contribution >= 0.6 is 46.4 Å². The highest BCUT2D eigenvalue weighted by Gasteiger charge is 2.20. The maximum atomic E-state index is 6.41. The molecular weight excluding hydrogens is 428 g/mol. The van der Waals surface area contributed by atoms with Crippen LogP contribution in [0.1, 0.15) is 30.5 Å². The first-order chi connectivity index (χ1) is 12.9. The lowest BCUT2D eigenvalue weighted by molar-refractivity contribution is 0.197. The monoisotopic (exact) mass is 443 g/mol. The molecule has 0 amide bonds. The zero-order valence-electron chi connectivity index (χ0n) is 14.3. The quantitative estimate of drug-likeness (QED) is 0.437. The van der Waals surface area contributed by atoms with Gasteiger partial charge in [0.25, 0.3) is 0 Å². The van der Waals surface area contributed by atoms with Crippen LogP contribution in [0.4, 0.5) is 0 Å². The number of aromatic amines is 1. The van der Waals surface area contributed by atoms with Gasteiger partial charge in [0, 0.05) is 39.6 Å². The third-order valence-corrected chi connectivity index (χ3v) is 5.10. The number of imidazole rings is 1. The third kappa shape index (κ3) is 5.31. The van der Waals surface area contributed by atoms with Gasteiger partial charge in [0.05, 0.1) is 11.1 Å². The Labute approximate surface area is 177 Å². The minimum atomic E-state index is -0.397. The topological polar surface area (TPSA) is 49.9 Å². The summed E-state index contributed by atoms with van der Waals surface area (Å²) >= 11 is 24.7. The number of hydrogen-bond acceptors (Lipinski definition) is 3. The largest absolute Gasteiger partial charge is 0.483 e. The van der Waals surface area contributed by atoms with Gasteiger partial charge >= 0.3 is 0 Å². The molecule has 8 heteroatoms. The fourth-order valence-electron chi connectivity index (χ4n) is 2.60. The Kier molecular flexibility index (Phi) is 6.90. The average molecular weight is 445 g/mol. The fraction of sp³-hybridized carbons (Fsp3) is 0.211. The number of nitrogens with zero attached hydrogens (tertiary/aromatic N) is 1. The fourth-order valence-corrected chi connectivity index (χ4v) is 3.58. The number of aromatic nitrogens is 2. The number of benzene rings is 2. The summed E-state index contributed by atoms with van der Waals surface area (Å²) in [5.41, 5.74) is 0.797. The molecule has 2 unspecified atom stereocenters. The number of hydrogen-bond donors (Lipinski definition) is 2. The van der Waals surface area contributed by atoms with Crippen molar-refractivity contribution >= 4 is 46.4 Å². The van der Waals surface area contributed by atoms with Gasteiger partial charge in [-0.3, -0.25) is 0 Å². The lowest BCUT2D eigenvalue weighted by Crippen LogP contribution is -2.28. The second kappa shape index (κ2) is 9.18. The van der Waals surface area contributed by atoms with E-state index in [2.05, 4.69) is 15.3 Å². The second-order valence-corrected chi connectivity index (χ2v) is 7.64. The molecule has 2 N–H and O–H groups in total. The Morgan fingerprint density at radius 1 is 1.04 bits per heavy atom. The first kappa shape index (κ1) is 20.3. The van der Waals surface area contributed by atoms with Crippen LogP contribution in [0, 0.1) is 0 Å². The normalized spacial score (nSPS) is 13.4. The van der Waals surface area contributed by atoms with Crippen LogP contribution in [0.2, 0.25) is 20.1 Å². The Bertz CT molecular complexity index is 902. The molecule has 3 rings (SSSR count). The van der Waals surface area contributed by atoms with Crippen LogP contribution in [0.5, 0.6) is 5.75 Å². The lowest BCUT2D eigenvalue weighted by atomic mass is 10.1. The molecular formula is C19H17Cl4N3O. The zero-order chi connectivity index (χ0) is 19.4. The molecule has 27 heavy (non-hydrogen) atoms. The summed E-state index contributed by atoms with van der Waals surface area (Å²) < 4.78 is 6.16. The molecule has 0 saturated heterocycles. The van der Waals surface area contributed by atoms with Gasteiger partial charge in [-0.1, -0.05) is 52.5 Å². The van der Waals surface area contributed by atoms with Crippen LogP contribution in [-0.4, -0.2) is 16.5 Å². The molecule has 142 valence electrons. The Morgan fingerprint density at radius 2 is 1.74 bits per heavy atom. The maximum absolute atomic E-state index is 6.41. The predicted molar refractivity (Wildman–Crippen MR) is 111 cm³/mol. The minimum absolute atomic E-state index is 0.00198. The van der Waals surface area contributed by atoms with E-state index in [1.807, 2.05) is 13.0 Å². The summed E-state index contributed by atoms with van der Waals surface area (Å²) in [5, 5.41) is 5.44. The van der Waals surface area contributed by atoms with Crippen LogP contribution in [0.25, 0.3) is 0 Å². The molecule has 1 heterocycles. The Morgan fingerprint density at radius 3 is 2.37 bits per heavy atom. The summed E-state index contributed by atoms with van der Waals surface area (Å²) in [5.74, 6) is 1.35. The van der Waals surface area contributed by atoms with Crippen molar-refractivity contribution < 1.29 is 4.74 Å². The molecule has 0 aliphatic rings. The van der Waals surface area contributed by atoms with E-state index in [0.717, 1.165) is 11.4 Å². The van der Waals surface area contributed by atoms with E-state index in [-0.39, 0.29) is 6.04 Å². The summed E-state index contributed by atoms with van der Waals surface area (Å²) in [6.07, 6.45) is 3.10. The van der Waals surface area contributed by atoms with E-state index >= 15 is 0 Å². The first-order valence-corrected chi connectivity index (χ1v) is 9.74. The van der Waals surface area contributed by atoms with Gasteiger partial charge in [-0.25, -0.2) is 4.98 Å². The highest BCUT2D eigenvalue weighted by atomic mass is 35.5. The Balaban J connectivity index is 1.83. The zero-order valence-corrected chi connectivity index (χ0v) is 17.4. The third-order valence-electron chi connectivity index (χ3n) is 4.01. The molecule has 0 radical (unpaired) electrons. The highest BCUT2D eigenvalue weighted by Crippen LogP contribution is 2.34. The van der Waals surface area contributed by atoms with Crippen molar-refractivity contribution in [2.75, 3.05) is 6.54 Å². The second-order valence-electron chi connectivity index (χ2n) is 5.95.